The molecule has 0 fully saturated rings. The van der Waals surface area contributed by atoms with Crippen molar-refractivity contribution in [1.29, 1.82) is 0 Å². The predicted octanol–water partition coefficient (Wildman–Crippen LogP) is 6.67. The number of carbonyl (C=O) groups excluding carboxylic acids is 1. The molecule has 1 heterocycles. The summed E-state index contributed by atoms with van der Waals surface area (Å²) in [6, 6.07) is 35.1. The van der Waals surface area contributed by atoms with Gasteiger partial charge in [-0.3, -0.25) is 4.79 Å². The molecule has 156 valence electrons. The normalized spacial score (nSPS) is 16.3. The first kappa shape index (κ1) is 19.8. The van der Waals surface area contributed by atoms with Crippen LogP contribution in [0.15, 0.2) is 115 Å². The van der Waals surface area contributed by atoms with Crippen LogP contribution in [0.1, 0.15) is 33.2 Å². The van der Waals surface area contributed by atoms with Crippen molar-refractivity contribution in [2.24, 2.45) is 0 Å². The Labute approximate surface area is 187 Å². The van der Waals surface area contributed by atoms with Gasteiger partial charge in [-0.05, 0) is 47.0 Å². The van der Waals surface area contributed by atoms with E-state index in [0.29, 0.717) is 23.5 Å². The minimum Gasteiger partial charge on any atom is -0.489 e. The SMILES string of the molecule is O=C1/C(=C/c2ccc(OCc3ccccc3)cc2)C(c2ccccc2)Oc2ccccc21. The fraction of sp³-hybridized carbons (Fsp3) is 0.0690. The lowest BCUT2D eigenvalue weighted by atomic mass is 9.89. The van der Waals surface area contributed by atoms with Crippen molar-refractivity contribution in [2.45, 2.75) is 12.7 Å². The standard InChI is InChI=1S/C29H22O3/c30-28-25-13-7-8-14-27(25)32-29(23-11-5-2-6-12-23)26(28)19-21-15-17-24(18-16-21)31-20-22-9-3-1-4-10-22/h1-19,29H,20H2/b26-19-. The zero-order chi connectivity index (χ0) is 21.8. The largest absolute Gasteiger partial charge is 0.489 e. The Morgan fingerprint density at radius 2 is 1.41 bits per heavy atom. The van der Waals surface area contributed by atoms with Crippen LogP contribution in [0, 0.1) is 0 Å². The van der Waals surface area contributed by atoms with Gasteiger partial charge in [0.25, 0.3) is 0 Å². The zero-order valence-electron chi connectivity index (χ0n) is 17.5. The molecule has 3 nitrogen and oxygen atoms in total. The molecule has 0 bridgehead atoms. The van der Waals surface area contributed by atoms with Crippen molar-refractivity contribution in [3.8, 4) is 11.5 Å². The van der Waals surface area contributed by atoms with Gasteiger partial charge in [0.1, 0.15) is 18.1 Å². The topological polar surface area (TPSA) is 35.5 Å². The molecule has 4 aromatic carbocycles. The number of Topliss-reactive ketones (excluding diaryl/α,β-unsaturated/α-hetero) is 1. The lowest BCUT2D eigenvalue weighted by Gasteiger charge is -2.28. The summed E-state index contributed by atoms with van der Waals surface area (Å²) in [4.78, 5) is 13.4. The highest BCUT2D eigenvalue weighted by molar-refractivity contribution is 6.14. The highest BCUT2D eigenvalue weighted by atomic mass is 16.5. The van der Waals surface area contributed by atoms with E-state index in [1.807, 2.05) is 115 Å². The summed E-state index contributed by atoms with van der Waals surface area (Å²) >= 11 is 0. The van der Waals surface area contributed by atoms with Gasteiger partial charge in [0, 0.05) is 5.57 Å². The predicted molar refractivity (Wildman–Crippen MR) is 126 cm³/mol. The Morgan fingerprint density at radius 1 is 0.750 bits per heavy atom. The first-order valence-corrected chi connectivity index (χ1v) is 10.6. The lowest BCUT2D eigenvalue weighted by Crippen LogP contribution is -2.23. The zero-order valence-corrected chi connectivity index (χ0v) is 17.5. The maximum atomic E-state index is 13.4. The van der Waals surface area contributed by atoms with Crippen LogP contribution in [0.3, 0.4) is 0 Å². The van der Waals surface area contributed by atoms with Crippen molar-refractivity contribution in [3.05, 3.63) is 137 Å². The van der Waals surface area contributed by atoms with Crippen LogP contribution in [-0.4, -0.2) is 5.78 Å². The molecule has 0 N–H and O–H groups in total. The first-order chi connectivity index (χ1) is 15.8. The van der Waals surface area contributed by atoms with Crippen LogP contribution in [-0.2, 0) is 6.61 Å². The van der Waals surface area contributed by atoms with Crippen molar-refractivity contribution >= 4 is 11.9 Å². The summed E-state index contributed by atoms with van der Waals surface area (Å²) in [6.07, 6.45) is 1.46. The molecule has 1 unspecified atom stereocenters. The molecule has 0 saturated carbocycles. The second kappa shape index (κ2) is 8.94. The van der Waals surface area contributed by atoms with Crippen molar-refractivity contribution in [1.82, 2.24) is 0 Å². The first-order valence-electron chi connectivity index (χ1n) is 10.6. The molecule has 1 aliphatic heterocycles. The van der Waals surface area contributed by atoms with Gasteiger partial charge in [-0.25, -0.2) is 0 Å². The third-order valence-corrected chi connectivity index (χ3v) is 5.47. The summed E-state index contributed by atoms with van der Waals surface area (Å²) < 4.78 is 12.2. The molecule has 1 atom stereocenters. The van der Waals surface area contributed by atoms with Crippen LogP contribution in [0.4, 0.5) is 0 Å². The summed E-state index contributed by atoms with van der Waals surface area (Å²) in [5.41, 5.74) is 4.20. The molecule has 0 saturated heterocycles. The number of hydrogen-bond donors (Lipinski definition) is 0. The number of hydrogen-bond acceptors (Lipinski definition) is 3. The van der Waals surface area contributed by atoms with E-state index in [2.05, 4.69) is 0 Å². The number of carbonyl (C=O) groups is 1. The van der Waals surface area contributed by atoms with Crippen molar-refractivity contribution < 1.29 is 14.3 Å². The Morgan fingerprint density at radius 3 is 2.16 bits per heavy atom. The number of ether oxygens (including phenoxy) is 2. The molecule has 5 rings (SSSR count). The van der Waals surface area contributed by atoms with E-state index in [1.54, 1.807) is 0 Å². The minimum absolute atomic E-state index is 0.00916. The van der Waals surface area contributed by atoms with Gasteiger partial charge in [0.05, 0.1) is 5.56 Å². The Kier molecular flexibility index (Phi) is 5.54. The van der Waals surface area contributed by atoms with E-state index >= 15 is 0 Å². The summed E-state index contributed by atoms with van der Waals surface area (Å²) in [6.45, 7) is 0.514. The van der Waals surface area contributed by atoms with Crippen LogP contribution in [0.5, 0.6) is 11.5 Å². The summed E-state index contributed by atoms with van der Waals surface area (Å²) in [5, 5.41) is 0. The van der Waals surface area contributed by atoms with Crippen molar-refractivity contribution in [3.63, 3.8) is 0 Å². The highest BCUT2D eigenvalue weighted by Crippen LogP contribution is 2.39. The van der Waals surface area contributed by atoms with Gasteiger partial charge < -0.3 is 9.47 Å². The molecule has 0 aliphatic carbocycles. The van der Waals surface area contributed by atoms with E-state index in [9.17, 15) is 4.79 Å². The van der Waals surface area contributed by atoms with Crippen LogP contribution in [0.25, 0.3) is 6.08 Å². The number of ketones is 1. The third kappa shape index (κ3) is 4.19. The number of fused-ring (bicyclic) bond motifs is 1. The van der Waals surface area contributed by atoms with E-state index < -0.39 is 6.10 Å². The fourth-order valence-electron chi connectivity index (χ4n) is 3.82. The highest BCUT2D eigenvalue weighted by Gasteiger charge is 2.32. The molecule has 0 amide bonds. The van der Waals surface area contributed by atoms with E-state index in [4.69, 9.17) is 9.47 Å². The molecular formula is C29H22O3. The molecule has 1 aliphatic rings. The average molecular weight is 418 g/mol. The number of rotatable bonds is 5. The van der Waals surface area contributed by atoms with E-state index in [0.717, 1.165) is 22.4 Å². The second-order valence-electron chi connectivity index (χ2n) is 7.68. The molecule has 32 heavy (non-hydrogen) atoms. The fourth-order valence-corrected chi connectivity index (χ4v) is 3.82. The smallest absolute Gasteiger partial charge is 0.196 e. The molecule has 3 heteroatoms. The number of benzene rings is 4. The van der Waals surface area contributed by atoms with Gasteiger partial charge in [-0.2, -0.15) is 0 Å². The van der Waals surface area contributed by atoms with Gasteiger partial charge >= 0.3 is 0 Å². The number of para-hydroxylation sites is 1. The molecular weight excluding hydrogens is 396 g/mol. The van der Waals surface area contributed by atoms with E-state index in [-0.39, 0.29) is 5.78 Å². The average Bonchev–Trinajstić information content (AvgIpc) is 2.86. The van der Waals surface area contributed by atoms with Gasteiger partial charge in [-0.1, -0.05) is 84.9 Å². The Hall–Kier alpha value is -4.11. The third-order valence-electron chi connectivity index (χ3n) is 5.47. The monoisotopic (exact) mass is 418 g/mol. The quantitative estimate of drug-likeness (QED) is 0.340. The Bertz CT molecular complexity index is 1240. The van der Waals surface area contributed by atoms with Crippen LogP contribution < -0.4 is 9.47 Å². The minimum atomic E-state index is -0.451. The lowest BCUT2D eigenvalue weighted by molar-refractivity contribution is 0.0963. The second-order valence-corrected chi connectivity index (χ2v) is 7.68. The molecule has 4 aromatic rings. The molecule has 0 aromatic heterocycles. The molecule has 0 spiro atoms. The van der Waals surface area contributed by atoms with Crippen LogP contribution in [0.2, 0.25) is 0 Å². The van der Waals surface area contributed by atoms with Crippen LogP contribution >= 0.6 is 0 Å². The Balaban J connectivity index is 1.43. The summed E-state index contributed by atoms with van der Waals surface area (Å²) in [5.74, 6) is 1.39. The van der Waals surface area contributed by atoms with Gasteiger partial charge in [-0.15, -0.1) is 0 Å². The van der Waals surface area contributed by atoms with Gasteiger partial charge in [0.2, 0.25) is 0 Å². The van der Waals surface area contributed by atoms with E-state index in [1.165, 1.54) is 0 Å². The maximum absolute atomic E-state index is 13.4. The maximum Gasteiger partial charge on any atom is 0.196 e. The summed E-state index contributed by atoms with van der Waals surface area (Å²) in [7, 11) is 0. The van der Waals surface area contributed by atoms with Crippen molar-refractivity contribution in [2.75, 3.05) is 0 Å². The van der Waals surface area contributed by atoms with Gasteiger partial charge in [0.15, 0.2) is 11.9 Å². The molecule has 0 radical (unpaired) electrons.